The SMILES string of the molecule is NCC#Cc1ccnn1-c1ccccc1. The maximum atomic E-state index is 5.33. The number of nitrogens with two attached hydrogens (primary N) is 1. The molecule has 0 amide bonds. The van der Waals surface area contributed by atoms with Crippen LogP contribution in [0.3, 0.4) is 0 Å². The van der Waals surface area contributed by atoms with Gasteiger partial charge in [0.1, 0.15) is 5.69 Å². The van der Waals surface area contributed by atoms with Crippen molar-refractivity contribution in [3.63, 3.8) is 0 Å². The van der Waals surface area contributed by atoms with E-state index < -0.39 is 0 Å². The van der Waals surface area contributed by atoms with E-state index in [-0.39, 0.29) is 0 Å². The molecule has 2 rings (SSSR count). The molecule has 2 aromatic rings. The van der Waals surface area contributed by atoms with Gasteiger partial charge >= 0.3 is 0 Å². The summed E-state index contributed by atoms with van der Waals surface area (Å²) in [4.78, 5) is 0. The van der Waals surface area contributed by atoms with Crippen molar-refractivity contribution in [1.82, 2.24) is 9.78 Å². The van der Waals surface area contributed by atoms with E-state index in [0.717, 1.165) is 11.4 Å². The van der Waals surface area contributed by atoms with Gasteiger partial charge in [0, 0.05) is 0 Å². The summed E-state index contributed by atoms with van der Waals surface area (Å²) in [6.07, 6.45) is 1.73. The van der Waals surface area contributed by atoms with Crippen LogP contribution in [-0.2, 0) is 0 Å². The minimum absolute atomic E-state index is 0.361. The van der Waals surface area contributed by atoms with E-state index in [1.807, 2.05) is 36.4 Å². The van der Waals surface area contributed by atoms with Crippen molar-refractivity contribution in [2.75, 3.05) is 6.54 Å². The number of rotatable bonds is 1. The molecule has 0 saturated heterocycles. The standard InChI is InChI=1S/C12H11N3/c13-9-4-7-12-8-10-14-15(12)11-5-2-1-3-6-11/h1-3,5-6,8,10H,9,13H2. The fourth-order valence-corrected chi connectivity index (χ4v) is 1.31. The van der Waals surface area contributed by atoms with Gasteiger partial charge in [0.2, 0.25) is 0 Å². The zero-order chi connectivity index (χ0) is 10.5. The highest BCUT2D eigenvalue weighted by Crippen LogP contribution is 2.08. The minimum Gasteiger partial charge on any atom is -0.320 e. The molecule has 0 saturated carbocycles. The smallest absolute Gasteiger partial charge is 0.117 e. The van der Waals surface area contributed by atoms with Gasteiger partial charge in [-0.2, -0.15) is 5.10 Å². The third kappa shape index (κ3) is 2.06. The van der Waals surface area contributed by atoms with Gasteiger partial charge in [-0.15, -0.1) is 0 Å². The summed E-state index contributed by atoms with van der Waals surface area (Å²) in [5, 5.41) is 4.21. The van der Waals surface area contributed by atoms with Gasteiger partial charge in [0.15, 0.2) is 0 Å². The average Bonchev–Trinajstić information content (AvgIpc) is 2.75. The van der Waals surface area contributed by atoms with E-state index in [0.29, 0.717) is 6.54 Å². The summed E-state index contributed by atoms with van der Waals surface area (Å²) in [5.41, 5.74) is 7.19. The zero-order valence-electron chi connectivity index (χ0n) is 8.22. The molecule has 0 unspecified atom stereocenters. The van der Waals surface area contributed by atoms with Crippen molar-refractivity contribution in [3.05, 3.63) is 48.3 Å². The number of hydrogen-bond donors (Lipinski definition) is 1. The van der Waals surface area contributed by atoms with Crippen LogP contribution >= 0.6 is 0 Å². The van der Waals surface area contributed by atoms with Crippen LogP contribution in [0.25, 0.3) is 5.69 Å². The van der Waals surface area contributed by atoms with Gasteiger partial charge in [0.05, 0.1) is 18.4 Å². The highest BCUT2D eigenvalue weighted by molar-refractivity contribution is 5.38. The quantitative estimate of drug-likeness (QED) is 0.698. The predicted molar refractivity (Wildman–Crippen MR) is 59.5 cm³/mol. The highest BCUT2D eigenvalue weighted by Gasteiger charge is 2.00. The lowest BCUT2D eigenvalue weighted by atomic mass is 10.3. The predicted octanol–water partition coefficient (Wildman–Crippen LogP) is 1.18. The molecule has 3 nitrogen and oxygen atoms in total. The molecule has 0 bridgehead atoms. The number of hydrogen-bond acceptors (Lipinski definition) is 2. The molecule has 1 heterocycles. The van der Waals surface area contributed by atoms with Crippen molar-refractivity contribution in [2.45, 2.75) is 0 Å². The molecule has 0 radical (unpaired) electrons. The van der Waals surface area contributed by atoms with Crippen LogP contribution in [0.2, 0.25) is 0 Å². The lowest BCUT2D eigenvalue weighted by molar-refractivity contribution is 0.868. The molecule has 0 spiro atoms. The summed E-state index contributed by atoms with van der Waals surface area (Å²) in [6.45, 7) is 0.361. The van der Waals surface area contributed by atoms with E-state index in [1.165, 1.54) is 0 Å². The second kappa shape index (κ2) is 4.45. The van der Waals surface area contributed by atoms with Crippen molar-refractivity contribution >= 4 is 0 Å². The second-order valence-electron chi connectivity index (χ2n) is 2.97. The van der Waals surface area contributed by atoms with E-state index in [9.17, 15) is 0 Å². The van der Waals surface area contributed by atoms with Gasteiger partial charge in [-0.1, -0.05) is 24.1 Å². The Morgan fingerprint density at radius 1 is 1.20 bits per heavy atom. The van der Waals surface area contributed by atoms with Crippen LogP contribution in [0.15, 0.2) is 42.6 Å². The number of benzene rings is 1. The van der Waals surface area contributed by atoms with E-state index in [4.69, 9.17) is 5.73 Å². The summed E-state index contributed by atoms with van der Waals surface area (Å²) in [7, 11) is 0. The lowest BCUT2D eigenvalue weighted by Gasteiger charge is -2.01. The first-order valence-electron chi connectivity index (χ1n) is 4.70. The van der Waals surface area contributed by atoms with E-state index in [2.05, 4.69) is 16.9 Å². The first kappa shape index (κ1) is 9.50. The van der Waals surface area contributed by atoms with Crippen LogP contribution in [0.5, 0.6) is 0 Å². The Morgan fingerprint density at radius 2 is 2.00 bits per heavy atom. The molecular weight excluding hydrogens is 186 g/mol. The molecule has 0 aliphatic carbocycles. The number of nitrogens with zero attached hydrogens (tertiary/aromatic N) is 2. The normalized spacial score (nSPS) is 9.40. The molecule has 1 aromatic carbocycles. The molecule has 2 N–H and O–H groups in total. The fourth-order valence-electron chi connectivity index (χ4n) is 1.31. The Labute approximate surface area is 88.5 Å². The lowest BCUT2D eigenvalue weighted by Crippen LogP contribution is -1.99. The third-order valence-electron chi connectivity index (χ3n) is 1.96. The van der Waals surface area contributed by atoms with Gasteiger partial charge in [-0.05, 0) is 24.1 Å². The van der Waals surface area contributed by atoms with Gasteiger partial charge in [-0.25, -0.2) is 4.68 Å². The molecule has 1 aromatic heterocycles. The molecule has 15 heavy (non-hydrogen) atoms. The Hall–Kier alpha value is -2.05. The summed E-state index contributed by atoms with van der Waals surface area (Å²) in [5.74, 6) is 5.79. The average molecular weight is 197 g/mol. The molecule has 3 heteroatoms. The fraction of sp³-hybridized carbons (Fsp3) is 0.0833. The monoisotopic (exact) mass is 197 g/mol. The van der Waals surface area contributed by atoms with Crippen molar-refractivity contribution in [2.24, 2.45) is 5.73 Å². The highest BCUT2D eigenvalue weighted by atomic mass is 15.3. The minimum atomic E-state index is 0.361. The van der Waals surface area contributed by atoms with Gasteiger partial charge < -0.3 is 5.73 Å². The Kier molecular flexibility index (Phi) is 2.82. The third-order valence-corrected chi connectivity index (χ3v) is 1.96. The summed E-state index contributed by atoms with van der Waals surface area (Å²) >= 11 is 0. The van der Waals surface area contributed by atoms with E-state index in [1.54, 1.807) is 10.9 Å². The zero-order valence-corrected chi connectivity index (χ0v) is 8.22. The maximum absolute atomic E-state index is 5.33. The largest absolute Gasteiger partial charge is 0.320 e. The van der Waals surface area contributed by atoms with Crippen molar-refractivity contribution in [3.8, 4) is 17.5 Å². The molecular formula is C12H11N3. The maximum Gasteiger partial charge on any atom is 0.117 e. The summed E-state index contributed by atoms with van der Waals surface area (Å²) < 4.78 is 1.79. The van der Waals surface area contributed by atoms with Crippen LogP contribution in [0.1, 0.15) is 5.69 Å². The van der Waals surface area contributed by atoms with E-state index >= 15 is 0 Å². The number of para-hydroxylation sites is 1. The first-order chi connectivity index (χ1) is 7.42. The Morgan fingerprint density at radius 3 is 2.73 bits per heavy atom. The van der Waals surface area contributed by atoms with Gasteiger partial charge in [0.25, 0.3) is 0 Å². The second-order valence-corrected chi connectivity index (χ2v) is 2.97. The van der Waals surface area contributed by atoms with Crippen molar-refractivity contribution < 1.29 is 0 Å². The van der Waals surface area contributed by atoms with Crippen LogP contribution in [-0.4, -0.2) is 16.3 Å². The number of aromatic nitrogens is 2. The summed E-state index contributed by atoms with van der Waals surface area (Å²) in [6, 6.07) is 11.8. The first-order valence-corrected chi connectivity index (χ1v) is 4.70. The Balaban J connectivity index is 2.42. The van der Waals surface area contributed by atoms with Crippen LogP contribution in [0, 0.1) is 11.8 Å². The molecule has 0 aliphatic heterocycles. The van der Waals surface area contributed by atoms with Gasteiger partial charge in [-0.3, -0.25) is 0 Å². The Bertz CT molecular complexity index is 488. The molecule has 0 aliphatic rings. The van der Waals surface area contributed by atoms with Crippen LogP contribution < -0.4 is 5.73 Å². The van der Waals surface area contributed by atoms with Crippen molar-refractivity contribution in [1.29, 1.82) is 0 Å². The molecule has 0 atom stereocenters. The topological polar surface area (TPSA) is 43.8 Å². The van der Waals surface area contributed by atoms with Crippen LogP contribution in [0.4, 0.5) is 0 Å². The molecule has 0 fully saturated rings. The molecule has 74 valence electrons.